The summed E-state index contributed by atoms with van der Waals surface area (Å²) >= 11 is 0. The molecule has 98 valence electrons. The van der Waals surface area contributed by atoms with E-state index in [1.807, 2.05) is 50.2 Å². The summed E-state index contributed by atoms with van der Waals surface area (Å²) in [6.07, 6.45) is 0. The van der Waals surface area contributed by atoms with Gasteiger partial charge in [-0.25, -0.2) is 0 Å². The summed E-state index contributed by atoms with van der Waals surface area (Å²) in [7, 11) is 0. The third kappa shape index (κ3) is 3.22. The Bertz CT molecular complexity index is 602. The van der Waals surface area contributed by atoms with Gasteiger partial charge in [-0.05, 0) is 43.5 Å². The van der Waals surface area contributed by atoms with E-state index in [2.05, 4.69) is 18.3 Å². The van der Waals surface area contributed by atoms with Crippen LogP contribution < -0.4 is 5.32 Å². The molecule has 0 spiro atoms. The fraction of sp³-hybridized carbons (Fsp3) is 0.235. The summed E-state index contributed by atoms with van der Waals surface area (Å²) in [6.45, 7) is 6.62. The Morgan fingerprint density at radius 1 is 1.00 bits per heavy atom. The summed E-state index contributed by atoms with van der Waals surface area (Å²) in [5, 5.41) is 2.98. The Balaban J connectivity index is 2.08. The van der Waals surface area contributed by atoms with Crippen molar-refractivity contribution in [3.05, 3.63) is 70.3 Å². The number of carbonyl (C=O) groups excluding carboxylic acids is 1. The van der Waals surface area contributed by atoms with E-state index in [0.717, 1.165) is 16.7 Å². The van der Waals surface area contributed by atoms with Gasteiger partial charge in [-0.1, -0.05) is 42.0 Å². The van der Waals surface area contributed by atoms with Gasteiger partial charge in [-0.2, -0.15) is 0 Å². The number of hydrogen-bond acceptors (Lipinski definition) is 1. The van der Waals surface area contributed by atoms with Crippen molar-refractivity contribution in [3.63, 3.8) is 0 Å². The predicted octanol–water partition coefficient (Wildman–Crippen LogP) is 3.54. The van der Waals surface area contributed by atoms with Gasteiger partial charge in [0, 0.05) is 12.1 Å². The minimum Gasteiger partial charge on any atom is -0.348 e. The topological polar surface area (TPSA) is 29.1 Å². The van der Waals surface area contributed by atoms with Gasteiger partial charge in [0.05, 0.1) is 0 Å². The molecule has 0 aliphatic rings. The number of rotatable bonds is 3. The van der Waals surface area contributed by atoms with Crippen LogP contribution in [-0.2, 0) is 6.54 Å². The van der Waals surface area contributed by atoms with Gasteiger partial charge in [0.25, 0.3) is 5.91 Å². The summed E-state index contributed by atoms with van der Waals surface area (Å²) < 4.78 is 0. The van der Waals surface area contributed by atoms with Crippen molar-refractivity contribution in [2.24, 2.45) is 0 Å². The van der Waals surface area contributed by atoms with E-state index in [4.69, 9.17) is 0 Å². The van der Waals surface area contributed by atoms with Gasteiger partial charge in [0.1, 0.15) is 0 Å². The number of amides is 1. The molecule has 0 aliphatic heterocycles. The molecule has 19 heavy (non-hydrogen) atoms. The third-order valence-electron chi connectivity index (χ3n) is 3.33. The van der Waals surface area contributed by atoms with Crippen molar-refractivity contribution >= 4 is 5.91 Å². The van der Waals surface area contributed by atoms with Crippen LogP contribution in [0.15, 0.2) is 42.5 Å². The second-order valence-electron chi connectivity index (χ2n) is 4.93. The molecule has 2 rings (SSSR count). The van der Waals surface area contributed by atoms with Crippen LogP contribution in [0.4, 0.5) is 0 Å². The molecule has 2 aromatic carbocycles. The van der Waals surface area contributed by atoms with Gasteiger partial charge in [-0.15, -0.1) is 0 Å². The van der Waals surface area contributed by atoms with Crippen molar-refractivity contribution in [1.82, 2.24) is 5.32 Å². The lowest BCUT2D eigenvalue weighted by atomic mass is 10.0. The SMILES string of the molecule is Cc1ccc(C(=O)NCc2ccccc2C)c(C)c1. The lowest BCUT2D eigenvalue weighted by Gasteiger charge is -2.10. The zero-order chi connectivity index (χ0) is 13.8. The van der Waals surface area contributed by atoms with Crippen LogP contribution in [0, 0.1) is 20.8 Å². The van der Waals surface area contributed by atoms with Gasteiger partial charge in [0.2, 0.25) is 0 Å². The molecule has 0 aliphatic carbocycles. The van der Waals surface area contributed by atoms with Crippen LogP contribution in [-0.4, -0.2) is 5.91 Å². The zero-order valence-corrected chi connectivity index (χ0v) is 11.7. The lowest BCUT2D eigenvalue weighted by Crippen LogP contribution is -2.24. The first kappa shape index (κ1) is 13.3. The summed E-state index contributed by atoms with van der Waals surface area (Å²) in [6, 6.07) is 14.0. The first-order valence-corrected chi connectivity index (χ1v) is 6.48. The summed E-state index contributed by atoms with van der Waals surface area (Å²) in [5.41, 5.74) is 5.29. The molecule has 2 heteroatoms. The molecule has 0 radical (unpaired) electrons. The molecule has 0 saturated heterocycles. The maximum absolute atomic E-state index is 12.2. The van der Waals surface area contributed by atoms with Crippen LogP contribution in [0.25, 0.3) is 0 Å². The maximum atomic E-state index is 12.2. The van der Waals surface area contributed by atoms with Crippen LogP contribution in [0.3, 0.4) is 0 Å². The van der Waals surface area contributed by atoms with E-state index in [1.165, 1.54) is 11.1 Å². The zero-order valence-electron chi connectivity index (χ0n) is 11.7. The molecular formula is C17H19NO. The number of nitrogens with one attached hydrogen (secondary N) is 1. The predicted molar refractivity (Wildman–Crippen MR) is 78.3 cm³/mol. The first-order chi connectivity index (χ1) is 9.08. The van der Waals surface area contributed by atoms with Crippen molar-refractivity contribution < 1.29 is 4.79 Å². The van der Waals surface area contributed by atoms with Crippen molar-refractivity contribution in [2.75, 3.05) is 0 Å². The third-order valence-corrected chi connectivity index (χ3v) is 3.33. The standard InChI is InChI=1S/C17H19NO/c1-12-8-9-16(14(3)10-12)17(19)18-11-15-7-5-4-6-13(15)2/h4-10H,11H2,1-3H3,(H,18,19). The normalized spacial score (nSPS) is 10.3. The molecule has 1 amide bonds. The van der Waals surface area contributed by atoms with E-state index in [-0.39, 0.29) is 5.91 Å². The second kappa shape index (κ2) is 5.70. The van der Waals surface area contributed by atoms with Crippen LogP contribution in [0.1, 0.15) is 32.6 Å². The number of hydrogen-bond donors (Lipinski definition) is 1. The Labute approximate surface area is 114 Å². The lowest BCUT2D eigenvalue weighted by molar-refractivity contribution is 0.0950. The van der Waals surface area contributed by atoms with Crippen molar-refractivity contribution in [3.8, 4) is 0 Å². The van der Waals surface area contributed by atoms with Crippen molar-refractivity contribution in [2.45, 2.75) is 27.3 Å². The van der Waals surface area contributed by atoms with Crippen LogP contribution in [0.2, 0.25) is 0 Å². The smallest absolute Gasteiger partial charge is 0.251 e. The van der Waals surface area contributed by atoms with Gasteiger partial charge >= 0.3 is 0 Å². The Morgan fingerprint density at radius 3 is 2.42 bits per heavy atom. The average Bonchev–Trinajstić information content (AvgIpc) is 2.37. The van der Waals surface area contributed by atoms with Gasteiger partial charge in [-0.3, -0.25) is 4.79 Å². The quantitative estimate of drug-likeness (QED) is 0.890. The number of aryl methyl sites for hydroxylation is 3. The van der Waals surface area contributed by atoms with E-state index >= 15 is 0 Å². The highest BCUT2D eigenvalue weighted by atomic mass is 16.1. The van der Waals surface area contributed by atoms with Crippen molar-refractivity contribution in [1.29, 1.82) is 0 Å². The Kier molecular flexibility index (Phi) is 4.00. The van der Waals surface area contributed by atoms with Crippen LogP contribution in [0.5, 0.6) is 0 Å². The molecule has 1 N–H and O–H groups in total. The molecule has 0 heterocycles. The number of benzene rings is 2. The minimum atomic E-state index is -0.0132. The summed E-state index contributed by atoms with van der Waals surface area (Å²) in [4.78, 5) is 12.2. The largest absolute Gasteiger partial charge is 0.348 e. The fourth-order valence-corrected chi connectivity index (χ4v) is 2.15. The Hall–Kier alpha value is -2.09. The molecular weight excluding hydrogens is 234 g/mol. The van der Waals surface area contributed by atoms with E-state index in [9.17, 15) is 4.79 Å². The molecule has 0 aromatic heterocycles. The minimum absolute atomic E-state index is 0.0132. The Morgan fingerprint density at radius 2 is 1.74 bits per heavy atom. The molecule has 2 aromatic rings. The average molecular weight is 253 g/mol. The van der Waals surface area contributed by atoms with E-state index < -0.39 is 0 Å². The van der Waals surface area contributed by atoms with E-state index in [0.29, 0.717) is 6.54 Å². The van der Waals surface area contributed by atoms with Gasteiger partial charge in [0.15, 0.2) is 0 Å². The first-order valence-electron chi connectivity index (χ1n) is 6.48. The highest BCUT2D eigenvalue weighted by Gasteiger charge is 2.08. The van der Waals surface area contributed by atoms with Crippen LogP contribution >= 0.6 is 0 Å². The molecule has 0 fully saturated rings. The molecule has 0 unspecified atom stereocenters. The van der Waals surface area contributed by atoms with E-state index in [1.54, 1.807) is 0 Å². The number of carbonyl (C=O) groups is 1. The van der Waals surface area contributed by atoms with Gasteiger partial charge < -0.3 is 5.32 Å². The molecule has 0 atom stereocenters. The molecule has 2 nitrogen and oxygen atoms in total. The molecule has 0 bridgehead atoms. The monoisotopic (exact) mass is 253 g/mol. The maximum Gasteiger partial charge on any atom is 0.251 e. The molecule has 0 saturated carbocycles. The highest BCUT2D eigenvalue weighted by Crippen LogP contribution is 2.11. The highest BCUT2D eigenvalue weighted by molar-refractivity contribution is 5.95. The summed E-state index contributed by atoms with van der Waals surface area (Å²) in [5.74, 6) is -0.0132. The fourth-order valence-electron chi connectivity index (χ4n) is 2.15. The second-order valence-corrected chi connectivity index (χ2v) is 4.93.